The largest absolute Gasteiger partial charge is 0.370 e. The Morgan fingerprint density at radius 2 is 2.17 bits per heavy atom. The maximum absolute atomic E-state index is 6.92. The molecule has 0 spiro atoms. The SMILES string of the molecule is CCCCC(Cl)C(Cl)NC(=N)N. The van der Waals surface area contributed by atoms with Crippen molar-refractivity contribution in [1.82, 2.24) is 5.32 Å². The van der Waals surface area contributed by atoms with Crippen LogP contribution in [0.3, 0.4) is 0 Å². The fourth-order valence-corrected chi connectivity index (χ4v) is 1.25. The monoisotopic (exact) mass is 211 g/mol. The van der Waals surface area contributed by atoms with E-state index in [0.29, 0.717) is 0 Å². The molecule has 0 aromatic rings. The van der Waals surface area contributed by atoms with Crippen molar-refractivity contribution in [3.05, 3.63) is 0 Å². The van der Waals surface area contributed by atoms with Crippen molar-refractivity contribution in [2.45, 2.75) is 37.1 Å². The Hall–Kier alpha value is -0.150. The molecular formula is C7H15Cl2N3. The normalized spacial score (nSPS) is 15.2. The summed E-state index contributed by atoms with van der Waals surface area (Å²) in [5.74, 6) is -0.142. The van der Waals surface area contributed by atoms with Gasteiger partial charge in [0.2, 0.25) is 0 Å². The van der Waals surface area contributed by atoms with Crippen molar-refractivity contribution in [1.29, 1.82) is 5.41 Å². The number of rotatable bonds is 5. The summed E-state index contributed by atoms with van der Waals surface area (Å²) >= 11 is 11.7. The Morgan fingerprint density at radius 1 is 1.58 bits per heavy atom. The van der Waals surface area contributed by atoms with Gasteiger partial charge in [-0.15, -0.1) is 11.6 Å². The average Bonchev–Trinajstić information content (AvgIpc) is 1.98. The fourth-order valence-electron chi connectivity index (χ4n) is 0.784. The van der Waals surface area contributed by atoms with Gasteiger partial charge >= 0.3 is 0 Å². The van der Waals surface area contributed by atoms with Crippen molar-refractivity contribution < 1.29 is 0 Å². The number of guanidine groups is 1. The maximum atomic E-state index is 6.92. The van der Waals surface area contributed by atoms with E-state index in [0.717, 1.165) is 19.3 Å². The summed E-state index contributed by atoms with van der Waals surface area (Å²) in [6, 6.07) is 0. The Morgan fingerprint density at radius 3 is 2.58 bits per heavy atom. The number of alkyl halides is 2. The van der Waals surface area contributed by atoms with Gasteiger partial charge in [0, 0.05) is 0 Å². The van der Waals surface area contributed by atoms with Crippen LogP contribution in [0.4, 0.5) is 0 Å². The Kier molecular flexibility index (Phi) is 6.30. The first-order chi connectivity index (χ1) is 5.57. The molecule has 0 aromatic heterocycles. The molecule has 0 bridgehead atoms. The van der Waals surface area contributed by atoms with Gasteiger partial charge in [0.15, 0.2) is 5.96 Å². The molecule has 0 aromatic carbocycles. The van der Waals surface area contributed by atoms with Gasteiger partial charge in [-0.25, -0.2) is 0 Å². The lowest BCUT2D eigenvalue weighted by Crippen LogP contribution is -2.40. The first-order valence-corrected chi connectivity index (χ1v) is 4.84. The molecule has 0 aliphatic rings. The second kappa shape index (κ2) is 6.38. The smallest absolute Gasteiger partial charge is 0.186 e. The highest BCUT2D eigenvalue weighted by Gasteiger charge is 2.15. The highest BCUT2D eigenvalue weighted by Crippen LogP contribution is 2.14. The number of hydrogen-bond donors (Lipinski definition) is 3. The zero-order valence-electron chi connectivity index (χ0n) is 7.11. The molecule has 12 heavy (non-hydrogen) atoms. The third-order valence-electron chi connectivity index (χ3n) is 1.44. The van der Waals surface area contributed by atoms with Gasteiger partial charge in [-0.2, -0.15) is 0 Å². The summed E-state index contributed by atoms with van der Waals surface area (Å²) in [7, 11) is 0. The molecule has 0 saturated carbocycles. The molecule has 4 N–H and O–H groups in total. The predicted octanol–water partition coefficient (Wildman–Crippen LogP) is 1.83. The maximum Gasteiger partial charge on any atom is 0.186 e. The summed E-state index contributed by atoms with van der Waals surface area (Å²) in [6.07, 6.45) is 2.97. The lowest BCUT2D eigenvalue weighted by Gasteiger charge is -2.16. The summed E-state index contributed by atoms with van der Waals surface area (Å²) in [5.41, 5.74) is 4.64. The van der Waals surface area contributed by atoms with E-state index in [1.807, 2.05) is 0 Å². The number of nitrogens with one attached hydrogen (secondary N) is 2. The first kappa shape index (κ1) is 11.8. The van der Waals surface area contributed by atoms with Crippen molar-refractivity contribution in [3.8, 4) is 0 Å². The van der Waals surface area contributed by atoms with E-state index < -0.39 is 5.50 Å². The summed E-state index contributed by atoms with van der Waals surface area (Å²) in [4.78, 5) is 0. The van der Waals surface area contributed by atoms with Gasteiger partial charge in [-0.05, 0) is 6.42 Å². The van der Waals surface area contributed by atoms with Crippen LogP contribution in [0.2, 0.25) is 0 Å². The fraction of sp³-hybridized carbons (Fsp3) is 0.857. The van der Waals surface area contributed by atoms with Gasteiger partial charge in [0.25, 0.3) is 0 Å². The van der Waals surface area contributed by atoms with Crippen LogP contribution in [0, 0.1) is 5.41 Å². The molecule has 0 aliphatic carbocycles. The number of unbranched alkanes of at least 4 members (excludes halogenated alkanes) is 1. The number of hydrogen-bond acceptors (Lipinski definition) is 1. The highest BCUT2D eigenvalue weighted by atomic mass is 35.5. The van der Waals surface area contributed by atoms with Crippen LogP contribution in [-0.4, -0.2) is 16.8 Å². The van der Waals surface area contributed by atoms with Crippen molar-refractivity contribution in [2.75, 3.05) is 0 Å². The Labute approximate surface area is 83.1 Å². The number of halogens is 2. The van der Waals surface area contributed by atoms with Crippen LogP contribution in [0.5, 0.6) is 0 Å². The van der Waals surface area contributed by atoms with Crippen molar-refractivity contribution in [2.24, 2.45) is 5.73 Å². The highest BCUT2D eigenvalue weighted by molar-refractivity contribution is 6.30. The third-order valence-corrected chi connectivity index (χ3v) is 2.46. The second-order valence-corrected chi connectivity index (χ2v) is 3.65. The minimum atomic E-state index is -0.448. The van der Waals surface area contributed by atoms with Crippen LogP contribution in [0.25, 0.3) is 0 Å². The van der Waals surface area contributed by atoms with Gasteiger partial charge in [-0.3, -0.25) is 5.41 Å². The van der Waals surface area contributed by atoms with Gasteiger partial charge in [0.1, 0.15) is 5.50 Å². The van der Waals surface area contributed by atoms with E-state index >= 15 is 0 Å². The van der Waals surface area contributed by atoms with Gasteiger partial charge < -0.3 is 11.1 Å². The lowest BCUT2D eigenvalue weighted by atomic mass is 10.2. The van der Waals surface area contributed by atoms with E-state index in [4.69, 9.17) is 34.3 Å². The Balaban J connectivity index is 3.60. The van der Waals surface area contributed by atoms with E-state index in [9.17, 15) is 0 Å². The second-order valence-electron chi connectivity index (χ2n) is 2.62. The molecule has 0 radical (unpaired) electrons. The van der Waals surface area contributed by atoms with Crippen LogP contribution in [0.15, 0.2) is 0 Å². The quantitative estimate of drug-likeness (QED) is 0.282. The van der Waals surface area contributed by atoms with Crippen LogP contribution >= 0.6 is 23.2 Å². The Bertz CT molecular complexity index is 141. The average molecular weight is 212 g/mol. The zero-order valence-corrected chi connectivity index (χ0v) is 8.62. The van der Waals surface area contributed by atoms with Gasteiger partial charge in [-0.1, -0.05) is 31.4 Å². The molecule has 0 saturated heterocycles. The molecule has 0 amide bonds. The standard InChI is InChI=1S/C7H15Cl2N3/c1-2-3-4-5(8)6(9)12-7(10)11/h5-6H,2-4H2,1H3,(H4,10,11,12). The molecule has 0 rings (SSSR count). The molecule has 0 fully saturated rings. The van der Waals surface area contributed by atoms with E-state index in [1.165, 1.54) is 0 Å². The molecule has 5 heteroatoms. The van der Waals surface area contributed by atoms with Gasteiger partial charge in [0.05, 0.1) is 5.38 Å². The molecule has 0 aliphatic heterocycles. The molecule has 2 atom stereocenters. The molecular weight excluding hydrogens is 197 g/mol. The lowest BCUT2D eigenvalue weighted by molar-refractivity contribution is 0.629. The van der Waals surface area contributed by atoms with E-state index in [2.05, 4.69) is 12.2 Å². The molecule has 2 unspecified atom stereocenters. The molecule has 0 heterocycles. The van der Waals surface area contributed by atoms with E-state index in [-0.39, 0.29) is 11.3 Å². The predicted molar refractivity (Wildman–Crippen MR) is 53.9 cm³/mol. The summed E-state index contributed by atoms with van der Waals surface area (Å²) in [6.45, 7) is 2.09. The van der Waals surface area contributed by atoms with Crippen LogP contribution in [0.1, 0.15) is 26.2 Å². The summed E-state index contributed by atoms with van der Waals surface area (Å²) in [5, 5.41) is 9.29. The van der Waals surface area contributed by atoms with Crippen molar-refractivity contribution in [3.63, 3.8) is 0 Å². The minimum Gasteiger partial charge on any atom is -0.370 e. The third kappa shape index (κ3) is 5.49. The minimum absolute atomic E-state index is 0.142. The first-order valence-electron chi connectivity index (χ1n) is 3.96. The van der Waals surface area contributed by atoms with Crippen molar-refractivity contribution >= 4 is 29.2 Å². The van der Waals surface area contributed by atoms with E-state index in [1.54, 1.807) is 0 Å². The number of nitrogens with two attached hydrogens (primary N) is 1. The summed E-state index contributed by atoms with van der Waals surface area (Å²) < 4.78 is 0. The zero-order chi connectivity index (χ0) is 9.56. The molecule has 3 nitrogen and oxygen atoms in total. The molecule has 72 valence electrons. The topological polar surface area (TPSA) is 61.9 Å². The van der Waals surface area contributed by atoms with Crippen LogP contribution < -0.4 is 11.1 Å². The van der Waals surface area contributed by atoms with Crippen LogP contribution in [-0.2, 0) is 0 Å².